The normalized spacial score (nSPS) is 14.6. The highest BCUT2D eigenvalue weighted by molar-refractivity contribution is 7.89. The van der Waals surface area contributed by atoms with E-state index in [0.717, 1.165) is 43.4 Å². The lowest BCUT2D eigenvalue weighted by molar-refractivity contribution is 0.0524. The van der Waals surface area contributed by atoms with Crippen LogP contribution in [0.1, 0.15) is 74.8 Å². The van der Waals surface area contributed by atoms with Gasteiger partial charge in [0.2, 0.25) is 21.4 Å². The SMILES string of the molecule is CCOC(=O)c1cn(C2CCCCC2)c2nc(Nc3ccc(CCS(=O)(=O)NC(C)C)cc3)ncc2c1=O. The molecular formula is C27H35N5O5S. The fourth-order valence-electron chi connectivity index (χ4n) is 4.74. The number of aryl methyl sites for hydroxylation is 1. The molecule has 0 saturated heterocycles. The Labute approximate surface area is 222 Å². The molecule has 0 atom stereocenters. The van der Waals surface area contributed by atoms with E-state index in [1.165, 1.54) is 6.20 Å². The van der Waals surface area contributed by atoms with Gasteiger partial charge in [-0.05, 0) is 57.7 Å². The zero-order chi connectivity index (χ0) is 27.3. The van der Waals surface area contributed by atoms with Crippen LogP contribution in [0.15, 0.2) is 41.5 Å². The second kappa shape index (κ2) is 12.0. The smallest absolute Gasteiger partial charge is 0.343 e. The second-order valence-electron chi connectivity index (χ2n) is 9.89. The number of sulfonamides is 1. The van der Waals surface area contributed by atoms with Gasteiger partial charge in [0, 0.05) is 30.2 Å². The first-order valence-corrected chi connectivity index (χ1v) is 14.8. The number of esters is 1. The van der Waals surface area contributed by atoms with E-state index in [1.54, 1.807) is 27.0 Å². The van der Waals surface area contributed by atoms with Crippen LogP contribution in [0, 0.1) is 0 Å². The minimum atomic E-state index is -3.33. The van der Waals surface area contributed by atoms with E-state index in [4.69, 9.17) is 4.74 Å². The summed E-state index contributed by atoms with van der Waals surface area (Å²) in [6.45, 7) is 5.47. The number of carbonyl (C=O) groups is 1. The first-order valence-electron chi connectivity index (χ1n) is 13.1. The first kappa shape index (κ1) is 27.7. The summed E-state index contributed by atoms with van der Waals surface area (Å²) >= 11 is 0. The summed E-state index contributed by atoms with van der Waals surface area (Å²) < 4.78 is 33.8. The van der Waals surface area contributed by atoms with Crippen molar-refractivity contribution in [3.05, 3.63) is 58.0 Å². The molecule has 11 heteroatoms. The Balaban J connectivity index is 1.59. The van der Waals surface area contributed by atoms with Gasteiger partial charge < -0.3 is 14.6 Å². The molecule has 2 aromatic heterocycles. The van der Waals surface area contributed by atoms with Crippen LogP contribution in [-0.2, 0) is 21.2 Å². The number of hydrogen-bond donors (Lipinski definition) is 2. The van der Waals surface area contributed by atoms with E-state index in [2.05, 4.69) is 20.0 Å². The molecule has 1 aromatic carbocycles. The topological polar surface area (TPSA) is 132 Å². The quantitative estimate of drug-likeness (QED) is 0.367. The maximum atomic E-state index is 13.1. The minimum Gasteiger partial charge on any atom is -0.462 e. The molecule has 0 bridgehead atoms. The van der Waals surface area contributed by atoms with Gasteiger partial charge in [0.1, 0.15) is 11.2 Å². The summed E-state index contributed by atoms with van der Waals surface area (Å²) in [5, 5.41) is 3.45. The van der Waals surface area contributed by atoms with Crippen molar-refractivity contribution in [3.63, 3.8) is 0 Å². The van der Waals surface area contributed by atoms with Crippen LogP contribution in [0.2, 0.25) is 0 Å². The molecule has 1 fully saturated rings. The zero-order valence-electron chi connectivity index (χ0n) is 22.1. The van der Waals surface area contributed by atoms with Gasteiger partial charge in [0.15, 0.2) is 0 Å². The maximum absolute atomic E-state index is 13.1. The Morgan fingerprint density at radius 1 is 1.16 bits per heavy atom. The molecular weight excluding hydrogens is 506 g/mol. The van der Waals surface area contributed by atoms with Crippen molar-refractivity contribution in [1.82, 2.24) is 19.3 Å². The summed E-state index contributed by atoms with van der Waals surface area (Å²) in [7, 11) is -3.33. The molecule has 1 saturated carbocycles. The Morgan fingerprint density at radius 3 is 2.53 bits per heavy atom. The lowest BCUT2D eigenvalue weighted by atomic mass is 9.95. The van der Waals surface area contributed by atoms with Crippen LogP contribution in [0.4, 0.5) is 11.6 Å². The van der Waals surface area contributed by atoms with Crippen molar-refractivity contribution in [2.24, 2.45) is 0 Å². The number of nitrogens with zero attached hydrogens (tertiary/aromatic N) is 3. The number of anilines is 2. The Bertz CT molecular complexity index is 1450. The third kappa shape index (κ3) is 6.76. The average Bonchev–Trinajstić information content (AvgIpc) is 2.88. The number of nitrogens with one attached hydrogen (secondary N) is 2. The van der Waals surface area contributed by atoms with Crippen molar-refractivity contribution in [1.29, 1.82) is 0 Å². The molecule has 2 heterocycles. The standard InChI is InChI=1S/C27H35N5O5S/c1-4-37-26(34)23-17-32(21-8-6-5-7-9-21)25-22(24(23)33)16-28-27(30-25)29-20-12-10-19(11-13-20)14-15-38(35,36)31-18(2)3/h10-13,16-18,21,31H,4-9,14-15H2,1-3H3,(H,28,29,30). The van der Waals surface area contributed by atoms with Gasteiger partial charge in [-0.1, -0.05) is 31.4 Å². The average molecular weight is 542 g/mol. The van der Waals surface area contributed by atoms with Gasteiger partial charge in [-0.2, -0.15) is 4.98 Å². The molecule has 204 valence electrons. The number of rotatable bonds is 10. The largest absolute Gasteiger partial charge is 0.462 e. The molecule has 0 aliphatic heterocycles. The van der Waals surface area contributed by atoms with Crippen molar-refractivity contribution < 1.29 is 17.9 Å². The van der Waals surface area contributed by atoms with Gasteiger partial charge in [0.25, 0.3) is 0 Å². The van der Waals surface area contributed by atoms with Crippen LogP contribution in [0.5, 0.6) is 0 Å². The van der Waals surface area contributed by atoms with Crippen LogP contribution in [0.3, 0.4) is 0 Å². The van der Waals surface area contributed by atoms with Crippen LogP contribution < -0.4 is 15.5 Å². The highest BCUT2D eigenvalue weighted by atomic mass is 32.2. The molecule has 0 spiro atoms. The predicted molar refractivity (Wildman–Crippen MR) is 147 cm³/mol. The Hall–Kier alpha value is -3.31. The molecule has 4 rings (SSSR count). The van der Waals surface area contributed by atoms with E-state index in [-0.39, 0.29) is 35.4 Å². The molecule has 10 nitrogen and oxygen atoms in total. The van der Waals surface area contributed by atoms with Gasteiger partial charge in [0.05, 0.1) is 17.7 Å². The van der Waals surface area contributed by atoms with Crippen LogP contribution in [-0.4, -0.2) is 47.3 Å². The third-order valence-electron chi connectivity index (χ3n) is 6.52. The zero-order valence-corrected chi connectivity index (χ0v) is 22.9. The number of pyridine rings is 1. The van der Waals surface area contributed by atoms with Crippen LogP contribution >= 0.6 is 0 Å². The van der Waals surface area contributed by atoms with Gasteiger partial charge >= 0.3 is 5.97 Å². The van der Waals surface area contributed by atoms with Crippen molar-refractivity contribution in [3.8, 4) is 0 Å². The number of hydrogen-bond acceptors (Lipinski definition) is 8. The molecule has 38 heavy (non-hydrogen) atoms. The molecule has 0 unspecified atom stereocenters. The molecule has 3 aromatic rings. The summed E-state index contributed by atoms with van der Waals surface area (Å²) in [6.07, 6.45) is 8.63. The molecule has 1 aliphatic carbocycles. The monoisotopic (exact) mass is 541 g/mol. The van der Waals surface area contributed by atoms with Gasteiger partial charge in [-0.25, -0.2) is 22.9 Å². The van der Waals surface area contributed by atoms with E-state index in [1.807, 2.05) is 28.8 Å². The minimum absolute atomic E-state index is 0.00423. The summed E-state index contributed by atoms with van der Waals surface area (Å²) in [5.74, 6) is -0.307. The fourth-order valence-corrected chi connectivity index (χ4v) is 6.08. The second-order valence-corrected chi connectivity index (χ2v) is 11.8. The van der Waals surface area contributed by atoms with Gasteiger partial charge in [-0.15, -0.1) is 0 Å². The lowest BCUT2D eigenvalue weighted by Crippen LogP contribution is -2.32. The summed E-state index contributed by atoms with van der Waals surface area (Å²) in [4.78, 5) is 34.6. The fraction of sp³-hybridized carbons (Fsp3) is 0.481. The van der Waals surface area contributed by atoms with E-state index in [9.17, 15) is 18.0 Å². The van der Waals surface area contributed by atoms with E-state index in [0.29, 0.717) is 18.0 Å². The van der Waals surface area contributed by atoms with Gasteiger partial charge in [-0.3, -0.25) is 4.79 Å². The highest BCUT2D eigenvalue weighted by Crippen LogP contribution is 2.30. The Kier molecular flexibility index (Phi) is 8.78. The maximum Gasteiger partial charge on any atom is 0.343 e. The number of ether oxygens (including phenoxy) is 1. The summed E-state index contributed by atoms with van der Waals surface area (Å²) in [5.41, 5.74) is 1.65. The molecule has 2 N–H and O–H groups in total. The third-order valence-corrected chi connectivity index (χ3v) is 8.09. The van der Waals surface area contributed by atoms with E-state index < -0.39 is 21.4 Å². The van der Waals surface area contributed by atoms with Crippen molar-refractivity contribution in [2.75, 3.05) is 17.7 Å². The van der Waals surface area contributed by atoms with Crippen molar-refractivity contribution in [2.45, 2.75) is 71.4 Å². The Morgan fingerprint density at radius 2 is 1.87 bits per heavy atom. The number of carbonyl (C=O) groups excluding carboxylic acids is 1. The lowest BCUT2D eigenvalue weighted by Gasteiger charge is -2.26. The molecule has 0 radical (unpaired) electrons. The number of benzene rings is 1. The number of fused-ring (bicyclic) bond motifs is 1. The predicted octanol–water partition coefficient (Wildman–Crippen LogP) is 4.09. The number of aromatic nitrogens is 3. The highest BCUT2D eigenvalue weighted by Gasteiger charge is 2.23. The van der Waals surface area contributed by atoms with Crippen molar-refractivity contribution >= 4 is 38.7 Å². The molecule has 0 amide bonds. The van der Waals surface area contributed by atoms with E-state index >= 15 is 0 Å². The first-order chi connectivity index (χ1) is 18.2. The molecule has 1 aliphatic rings. The summed E-state index contributed by atoms with van der Waals surface area (Å²) in [6, 6.07) is 7.38. The van der Waals surface area contributed by atoms with Crippen LogP contribution in [0.25, 0.3) is 11.0 Å².